The third-order valence-corrected chi connectivity index (χ3v) is 6.46. The first-order valence-corrected chi connectivity index (χ1v) is 9.66. The van der Waals surface area contributed by atoms with Crippen molar-refractivity contribution in [1.29, 1.82) is 0 Å². The Morgan fingerprint density at radius 1 is 1.16 bits per heavy atom. The summed E-state index contributed by atoms with van der Waals surface area (Å²) >= 11 is 0. The van der Waals surface area contributed by atoms with Gasteiger partial charge in [0.1, 0.15) is 0 Å². The van der Waals surface area contributed by atoms with Crippen molar-refractivity contribution < 1.29 is 9.90 Å². The fourth-order valence-electron chi connectivity index (χ4n) is 4.87. The highest BCUT2D eigenvalue weighted by atomic mass is 16.3. The summed E-state index contributed by atoms with van der Waals surface area (Å²) in [5.74, 6) is 0.272. The molecule has 1 spiro atoms. The van der Waals surface area contributed by atoms with Crippen LogP contribution in [0.25, 0.3) is 0 Å². The van der Waals surface area contributed by atoms with Gasteiger partial charge >= 0.3 is 0 Å². The maximum atomic E-state index is 12.6. The molecule has 2 saturated heterocycles. The first kappa shape index (κ1) is 17.0. The molecule has 1 aromatic carbocycles. The number of carbonyl (C=O) groups excluding carboxylic acids is 1. The number of rotatable bonds is 3. The van der Waals surface area contributed by atoms with E-state index >= 15 is 0 Å². The van der Waals surface area contributed by atoms with Crippen molar-refractivity contribution in [1.82, 2.24) is 15.1 Å². The van der Waals surface area contributed by atoms with Crippen LogP contribution in [-0.4, -0.2) is 72.7 Å². The molecule has 0 radical (unpaired) electrons. The molecule has 3 aliphatic rings. The molecule has 2 aliphatic heterocycles. The van der Waals surface area contributed by atoms with Crippen LogP contribution >= 0.6 is 0 Å². The second kappa shape index (κ2) is 7.06. The molecule has 2 heterocycles. The molecule has 1 aliphatic carbocycles. The first-order chi connectivity index (χ1) is 12.2. The number of amides is 1. The van der Waals surface area contributed by atoms with Gasteiger partial charge < -0.3 is 20.2 Å². The Morgan fingerprint density at radius 2 is 1.88 bits per heavy atom. The second-order valence-corrected chi connectivity index (χ2v) is 7.76. The molecule has 2 N–H and O–H groups in total. The zero-order chi connectivity index (χ0) is 17.3. The summed E-state index contributed by atoms with van der Waals surface area (Å²) < 4.78 is 0. The molecule has 5 nitrogen and oxygen atoms in total. The van der Waals surface area contributed by atoms with Gasteiger partial charge in [0.05, 0.1) is 6.10 Å². The molecule has 1 aromatic rings. The monoisotopic (exact) mass is 343 g/mol. The van der Waals surface area contributed by atoms with Crippen molar-refractivity contribution >= 4 is 5.91 Å². The summed E-state index contributed by atoms with van der Waals surface area (Å²) in [6.07, 6.45) is 2.83. The molecule has 4 rings (SSSR count). The van der Waals surface area contributed by atoms with Crippen molar-refractivity contribution in [2.75, 3.05) is 45.8 Å². The number of aliphatic hydroxyl groups excluding tert-OH is 1. The lowest BCUT2D eigenvalue weighted by Gasteiger charge is -2.42. The Balaban J connectivity index is 1.34. The van der Waals surface area contributed by atoms with Crippen LogP contribution in [0.3, 0.4) is 0 Å². The average molecular weight is 343 g/mol. The van der Waals surface area contributed by atoms with Crippen LogP contribution in [0.15, 0.2) is 24.3 Å². The highest BCUT2D eigenvalue weighted by molar-refractivity contribution is 5.76. The SMILES string of the molecule is O=C(CCN1CCNCC1)N1CCC2(CC1)c1ccccc1C[C@@H]2O. The fraction of sp³-hybridized carbons (Fsp3) is 0.650. The Labute approximate surface area is 150 Å². The number of aliphatic hydroxyl groups is 1. The maximum absolute atomic E-state index is 12.6. The average Bonchev–Trinajstić information content (AvgIpc) is 2.93. The van der Waals surface area contributed by atoms with Gasteiger partial charge in [-0.2, -0.15) is 0 Å². The Hall–Kier alpha value is -1.43. The van der Waals surface area contributed by atoms with Crippen LogP contribution < -0.4 is 5.32 Å². The van der Waals surface area contributed by atoms with Crippen molar-refractivity contribution in [2.24, 2.45) is 0 Å². The van der Waals surface area contributed by atoms with Gasteiger partial charge in [0.25, 0.3) is 0 Å². The van der Waals surface area contributed by atoms with E-state index in [-0.39, 0.29) is 17.4 Å². The van der Waals surface area contributed by atoms with E-state index in [1.807, 2.05) is 4.90 Å². The molecule has 2 fully saturated rings. The van der Waals surface area contributed by atoms with Crippen molar-refractivity contribution in [3.63, 3.8) is 0 Å². The highest BCUT2D eigenvalue weighted by Gasteiger charge is 2.47. The van der Waals surface area contributed by atoms with Crippen LogP contribution in [0.2, 0.25) is 0 Å². The third-order valence-electron chi connectivity index (χ3n) is 6.46. The van der Waals surface area contributed by atoms with E-state index in [1.54, 1.807) is 0 Å². The van der Waals surface area contributed by atoms with Crippen LogP contribution in [0, 0.1) is 0 Å². The number of fused-ring (bicyclic) bond motifs is 2. The molecule has 0 saturated carbocycles. The zero-order valence-corrected chi connectivity index (χ0v) is 14.9. The number of carbonyl (C=O) groups is 1. The van der Waals surface area contributed by atoms with Crippen molar-refractivity contribution in [2.45, 2.75) is 37.2 Å². The lowest BCUT2D eigenvalue weighted by Crippen LogP contribution is -2.50. The Kier molecular flexibility index (Phi) is 4.80. The number of likely N-dealkylation sites (tertiary alicyclic amines) is 1. The first-order valence-electron chi connectivity index (χ1n) is 9.66. The van der Waals surface area contributed by atoms with Gasteiger partial charge in [-0.25, -0.2) is 0 Å². The predicted octanol–water partition coefficient (Wildman–Crippen LogP) is 0.759. The van der Waals surface area contributed by atoms with Gasteiger partial charge in [-0.05, 0) is 30.4 Å². The number of piperidine rings is 1. The topological polar surface area (TPSA) is 55.8 Å². The minimum atomic E-state index is -0.303. The summed E-state index contributed by atoms with van der Waals surface area (Å²) in [6.45, 7) is 6.54. The normalized spacial score (nSPS) is 26.0. The molecular formula is C20H29N3O2. The summed E-state index contributed by atoms with van der Waals surface area (Å²) in [7, 11) is 0. The standard InChI is InChI=1S/C20H29N3O2/c24-18-15-16-3-1-2-4-17(16)20(18)6-11-23(12-7-20)19(25)5-10-22-13-8-21-9-14-22/h1-4,18,21,24H,5-15H2/t18-/m0/s1. The van der Waals surface area contributed by atoms with Crippen LogP contribution in [0.5, 0.6) is 0 Å². The van der Waals surface area contributed by atoms with Crippen molar-refractivity contribution in [3.8, 4) is 0 Å². The van der Waals surface area contributed by atoms with Gasteiger partial charge in [-0.15, -0.1) is 0 Å². The number of nitrogens with one attached hydrogen (secondary N) is 1. The highest BCUT2D eigenvalue weighted by Crippen LogP contribution is 2.46. The summed E-state index contributed by atoms with van der Waals surface area (Å²) in [5, 5.41) is 14.1. The molecule has 1 amide bonds. The third kappa shape index (κ3) is 3.21. The zero-order valence-electron chi connectivity index (χ0n) is 14.9. The van der Waals surface area contributed by atoms with Gasteiger partial charge in [-0.3, -0.25) is 4.79 Å². The number of hydrogen-bond acceptors (Lipinski definition) is 4. The van der Waals surface area contributed by atoms with Gasteiger partial charge in [0, 0.05) is 57.6 Å². The molecule has 5 heteroatoms. The number of nitrogens with zero attached hydrogens (tertiary/aromatic N) is 2. The van der Waals surface area contributed by atoms with E-state index in [0.29, 0.717) is 6.42 Å². The van der Waals surface area contributed by atoms with E-state index in [9.17, 15) is 9.90 Å². The lowest BCUT2D eigenvalue weighted by molar-refractivity contribution is -0.133. The molecule has 136 valence electrons. The van der Waals surface area contributed by atoms with Gasteiger partial charge in [0.2, 0.25) is 5.91 Å². The van der Waals surface area contributed by atoms with E-state index in [0.717, 1.165) is 65.1 Å². The minimum absolute atomic E-state index is 0.133. The van der Waals surface area contributed by atoms with Crippen LogP contribution in [0.4, 0.5) is 0 Å². The Bertz CT molecular complexity index is 619. The van der Waals surface area contributed by atoms with Gasteiger partial charge in [-0.1, -0.05) is 24.3 Å². The van der Waals surface area contributed by atoms with E-state index in [2.05, 4.69) is 34.5 Å². The largest absolute Gasteiger partial charge is 0.392 e. The summed E-state index contributed by atoms with van der Waals surface area (Å²) in [6, 6.07) is 8.44. The molecular weight excluding hydrogens is 314 g/mol. The van der Waals surface area contributed by atoms with Crippen molar-refractivity contribution in [3.05, 3.63) is 35.4 Å². The summed E-state index contributed by atoms with van der Waals surface area (Å²) in [5.41, 5.74) is 2.47. The smallest absolute Gasteiger partial charge is 0.223 e. The van der Waals surface area contributed by atoms with Crippen LogP contribution in [-0.2, 0) is 16.6 Å². The quantitative estimate of drug-likeness (QED) is 0.851. The fourth-order valence-corrected chi connectivity index (χ4v) is 4.87. The Morgan fingerprint density at radius 3 is 2.64 bits per heavy atom. The maximum Gasteiger partial charge on any atom is 0.223 e. The van der Waals surface area contributed by atoms with E-state index < -0.39 is 0 Å². The number of piperazine rings is 1. The van der Waals surface area contributed by atoms with Crippen LogP contribution in [0.1, 0.15) is 30.4 Å². The summed E-state index contributed by atoms with van der Waals surface area (Å²) in [4.78, 5) is 17.0. The molecule has 0 aromatic heterocycles. The number of hydrogen-bond donors (Lipinski definition) is 2. The second-order valence-electron chi connectivity index (χ2n) is 7.76. The molecule has 0 bridgehead atoms. The van der Waals surface area contributed by atoms with E-state index in [1.165, 1.54) is 11.1 Å². The molecule has 1 atom stereocenters. The molecule has 25 heavy (non-hydrogen) atoms. The number of benzene rings is 1. The minimum Gasteiger partial charge on any atom is -0.392 e. The van der Waals surface area contributed by atoms with Gasteiger partial charge in [0.15, 0.2) is 0 Å². The lowest BCUT2D eigenvalue weighted by atomic mass is 9.72. The van der Waals surface area contributed by atoms with E-state index in [4.69, 9.17) is 0 Å². The predicted molar refractivity (Wildman–Crippen MR) is 97.6 cm³/mol. The molecule has 0 unspecified atom stereocenters.